The van der Waals surface area contributed by atoms with E-state index in [9.17, 15) is 5.21 Å². The van der Waals surface area contributed by atoms with Crippen molar-refractivity contribution in [3.8, 4) is 0 Å². The molecule has 0 aromatic heterocycles. The van der Waals surface area contributed by atoms with Crippen molar-refractivity contribution in [3.05, 3.63) is 41.2 Å². The third-order valence-electron chi connectivity index (χ3n) is 1.79. The van der Waals surface area contributed by atoms with Gasteiger partial charge in [0.25, 0.3) is 0 Å². The molecule has 1 atom stereocenters. The number of hydrogen-bond acceptors (Lipinski definition) is 2. The number of fused-ring (bicyclic) bond motifs is 1. The molecule has 0 amide bonds. The third-order valence-corrected chi connectivity index (χ3v) is 1.79. The van der Waals surface area contributed by atoms with E-state index in [4.69, 9.17) is 5.73 Å². The second-order valence-corrected chi connectivity index (χ2v) is 2.51. The largest absolute Gasteiger partial charge is 0.624 e. The van der Waals surface area contributed by atoms with Gasteiger partial charge in [-0.05, 0) is 6.07 Å². The predicted octanol–water partition coefficient (Wildman–Crippen LogP) is -0.0285. The number of quaternary nitrogens is 1. The van der Waals surface area contributed by atoms with Crippen LogP contribution in [0.3, 0.4) is 0 Å². The highest BCUT2D eigenvalue weighted by atomic mass is 16.5. The highest BCUT2D eigenvalue weighted by Gasteiger charge is 2.17. The van der Waals surface area contributed by atoms with Gasteiger partial charge in [0.05, 0.1) is 11.3 Å². The number of nitrogens with two attached hydrogens (primary N) is 1. The highest BCUT2D eigenvalue weighted by Crippen LogP contribution is 2.19. The van der Waals surface area contributed by atoms with Gasteiger partial charge >= 0.3 is 0 Å². The first-order valence-electron chi connectivity index (χ1n) is 3.40. The van der Waals surface area contributed by atoms with Crippen LogP contribution in [0.5, 0.6) is 0 Å². The zero-order chi connectivity index (χ0) is 7.84. The summed E-state index contributed by atoms with van der Waals surface area (Å²) in [6.07, 6.45) is 1.46. The first-order valence-corrected chi connectivity index (χ1v) is 3.40. The second kappa shape index (κ2) is 2.08. The van der Waals surface area contributed by atoms with E-state index in [-0.39, 0.29) is 5.06 Å². The molecule has 0 radical (unpaired) electrons. The lowest BCUT2D eigenvalue weighted by Gasteiger charge is -2.11. The van der Waals surface area contributed by atoms with Gasteiger partial charge in [0.1, 0.15) is 11.9 Å². The van der Waals surface area contributed by atoms with Gasteiger partial charge in [-0.1, -0.05) is 12.1 Å². The number of nitrogens with one attached hydrogen (secondary N) is 1. The molecule has 3 N–H and O–H groups in total. The number of benzene rings is 1. The Bertz CT molecular complexity index is 320. The van der Waals surface area contributed by atoms with E-state index in [0.717, 1.165) is 5.56 Å². The van der Waals surface area contributed by atoms with E-state index in [1.807, 2.05) is 18.2 Å². The maximum atomic E-state index is 11.1. The van der Waals surface area contributed by atoms with Crippen LogP contribution < -0.4 is 10.8 Å². The number of hydrogen-bond donors (Lipinski definition) is 2. The molecule has 1 aromatic carbocycles. The van der Waals surface area contributed by atoms with Crippen LogP contribution in [0.1, 0.15) is 5.56 Å². The van der Waals surface area contributed by atoms with Crippen molar-refractivity contribution in [2.24, 2.45) is 5.73 Å². The SMILES string of the molecule is NC1=C[NH+]([O-])c2ccccc21. The molecule has 0 spiro atoms. The van der Waals surface area contributed by atoms with Crippen LogP contribution in [0.15, 0.2) is 30.5 Å². The van der Waals surface area contributed by atoms with Crippen molar-refractivity contribution in [2.75, 3.05) is 0 Å². The Kier molecular flexibility index (Phi) is 1.21. The molecule has 1 aliphatic heterocycles. The van der Waals surface area contributed by atoms with Crippen molar-refractivity contribution in [1.29, 1.82) is 0 Å². The minimum atomic E-state index is 0.0121. The van der Waals surface area contributed by atoms with Crippen molar-refractivity contribution in [1.82, 2.24) is 0 Å². The maximum Gasteiger partial charge on any atom is 0.145 e. The fraction of sp³-hybridized carbons (Fsp3) is 0. The molecule has 1 heterocycles. The van der Waals surface area contributed by atoms with Crippen LogP contribution >= 0.6 is 0 Å². The minimum absolute atomic E-state index is 0.0121. The molecule has 1 unspecified atom stereocenters. The van der Waals surface area contributed by atoms with Gasteiger partial charge in [0.2, 0.25) is 0 Å². The first kappa shape index (κ1) is 6.39. The van der Waals surface area contributed by atoms with Crippen LogP contribution in [-0.4, -0.2) is 0 Å². The molecule has 2 rings (SSSR count). The molecule has 1 aliphatic rings. The third kappa shape index (κ3) is 0.824. The molecule has 0 fully saturated rings. The van der Waals surface area contributed by atoms with Gasteiger partial charge in [-0.3, -0.25) is 0 Å². The summed E-state index contributed by atoms with van der Waals surface area (Å²) in [5, 5.41) is 11.1. The van der Waals surface area contributed by atoms with Gasteiger partial charge in [-0.2, -0.15) is 0 Å². The summed E-state index contributed by atoms with van der Waals surface area (Å²) >= 11 is 0. The lowest BCUT2D eigenvalue weighted by molar-refractivity contribution is -0.710. The van der Waals surface area contributed by atoms with Gasteiger partial charge in [-0.15, -0.1) is 0 Å². The summed E-state index contributed by atoms with van der Waals surface area (Å²) < 4.78 is 0. The van der Waals surface area contributed by atoms with Crippen molar-refractivity contribution < 1.29 is 5.06 Å². The Balaban J connectivity index is 2.62. The zero-order valence-corrected chi connectivity index (χ0v) is 5.87. The summed E-state index contributed by atoms with van der Waals surface area (Å²) in [7, 11) is 0. The summed E-state index contributed by atoms with van der Waals surface area (Å²) in [5.74, 6) is 0. The fourth-order valence-corrected chi connectivity index (χ4v) is 1.25. The van der Waals surface area contributed by atoms with Crippen LogP contribution in [-0.2, 0) is 0 Å². The topological polar surface area (TPSA) is 53.5 Å². The Labute approximate surface area is 64.3 Å². The Morgan fingerprint density at radius 3 is 2.73 bits per heavy atom. The standard InChI is InChI=1S/C8H8N2O/c9-7-5-10(11)8-4-2-1-3-6(7)8/h1-5,10H,9H2. The number of para-hydroxylation sites is 1. The highest BCUT2D eigenvalue weighted by molar-refractivity contribution is 5.72. The Morgan fingerprint density at radius 1 is 1.27 bits per heavy atom. The van der Waals surface area contributed by atoms with Crippen LogP contribution in [0.2, 0.25) is 0 Å². The second-order valence-electron chi connectivity index (χ2n) is 2.51. The van der Waals surface area contributed by atoms with E-state index in [0.29, 0.717) is 11.4 Å². The molecule has 3 heteroatoms. The first-order chi connectivity index (χ1) is 5.29. The van der Waals surface area contributed by atoms with Gasteiger partial charge in [0.15, 0.2) is 0 Å². The van der Waals surface area contributed by atoms with Crippen LogP contribution in [0.4, 0.5) is 5.69 Å². The lowest BCUT2D eigenvalue weighted by atomic mass is 10.2. The van der Waals surface area contributed by atoms with Crippen molar-refractivity contribution in [2.45, 2.75) is 0 Å². The molecule has 11 heavy (non-hydrogen) atoms. The molecule has 3 nitrogen and oxygen atoms in total. The molecular formula is C8H8N2O. The van der Waals surface area contributed by atoms with E-state index in [1.54, 1.807) is 6.07 Å². The summed E-state index contributed by atoms with van der Waals surface area (Å²) in [4.78, 5) is 0. The van der Waals surface area contributed by atoms with E-state index < -0.39 is 0 Å². The maximum absolute atomic E-state index is 11.1. The average Bonchev–Trinajstić information content (AvgIpc) is 2.30. The van der Waals surface area contributed by atoms with Gasteiger partial charge < -0.3 is 16.0 Å². The summed E-state index contributed by atoms with van der Waals surface area (Å²) in [5.41, 5.74) is 7.72. The van der Waals surface area contributed by atoms with Crippen molar-refractivity contribution in [3.63, 3.8) is 0 Å². The van der Waals surface area contributed by atoms with Crippen LogP contribution in [0, 0.1) is 5.21 Å². The molecule has 0 bridgehead atoms. The minimum Gasteiger partial charge on any atom is -0.624 e. The Morgan fingerprint density at radius 2 is 2.00 bits per heavy atom. The molecular weight excluding hydrogens is 140 g/mol. The van der Waals surface area contributed by atoms with E-state index in [2.05, 4.69) is 0 Å². The fourth-order valence-electron chi connectivity index (χ4n) is 1.25. The van der Waals surface area contributed by atoms with E-state index >= 15 is 0 Å². The molecule has 56 valence electrons. The normalized spacial score (nSPS) is 21.2. The molecule has 0 aliphatic carbocycles. The monoisotopic (exact) mass is 148 g/mol. The van der Waals surface area contributed by atoms with Gasteiger partial charge in [0, 0.05) is 6.07 Å². The lowest BCUT2D eigenvalue weighted by Crippen LogP contribution is -2.95. The summed E-state index contributed by atoms with van der Waals surface area (Å²) in [6, 6.07) is 7.35. The Hall–Kier alpha value is -1.32. The molecule has 0 saturated carbocycles. The molecule has 0 saturated heterocycles. The average molecular weight is 148 g/mol. The smallest absolute Gasteiger partial charge is 0.145 e. The van der Waals surface area contributed by atoms with E-state index in [1.165, 1.54) is 6.20 Å². The molecule has 1 aromatic rings. The quantitative estimate of drug-likeness (QED) is 0.508. The van der Waals surface area contributed by atoms with Crippen LogP contribution in [0.25, 0.3) is 5.70 Å². The summed E-state index contributed by atoms with van der Waals surface area (Å²) in [6.45, 7) is 0. The van der Waals surface area contributed by atoms with Crippen molar-refractivity contribution >= 4 is 11.4 Å². The predicted molar refractivity (Wildman–Crippen MR) is 42.6 cm³/mol. The number of hydroxylamine groups is 1. The zero-order valence-electron chi connectivity index (χ0n) is 5.87. The number of rotatable bonds is 0. The van der Waals surface area contributed by atoms with Gasteiger partial charge in [-0.25, -0.2) is 0 Å².